The molecule has 5 aromatic rings. The third-order valence-electron chi connectivity index (χ3n) is 7.79. The fourth-order valence-corrected chi connectivity index (χ4v) is 5.78. The maximum atomic E-state index is 11.2. The lowest BCUT2D eigenvalue weighted by Gasteiger charge is -2.13. The van der Waals surface area contributed by atoms with Crippen LogP contribution in [-0.4, -0.2) is 42.1 Å². The number of para-hydroxylation sites is 1. The summed E-state index contributed by atoms with van der Waals surface area (Å²) in [5, 5.41) is 19.0. The van der Waals surface area contributed by atoms with Crippen LogP contribution in [-0.2, 0) is 25.9 Å². The van der Waals surface area contributed by atoms with Crippen molar-refractivity contribution in [2.24, 2.45) is 5.92 Å². The van der Waals surface area contributed by atoms with Gasteiger partial charge in [-0.2, -0.15) is 0 Å². The van der Waals surface area contributed by atoms with Crippen molar-refractivity contribution in [3.8, 4) is 28.3 Å². The maximum Gasteiger partial charge on any atom is 0.511 e. The highest BCUT2D eigenvalue weighted by molar-refractivity contribution is 5.85. The molecule has 5 rings (SSSR count). The fraction of sp³-hybridized carbons (Fsp3) is 0.343. The SMILES string of the molecule is CCCc1nc2c(C)cc(-c3nc(CC(C)C)c(C)n3CCO)cc2n1Cc1ccc(-c2ccccc2OC(=O)O)cc1. The number of nitrogens with zero attached hydrogens (tertiary/aromatic N) is 4. The molecule has 0 atom stereocenters. The van der Waals surface area contributed by atoms with E-state index in [-0.39, 0.29) is 6.61 Å². The summed E-state index contributed by atoms with van der Waals surface area (Å²) < 4.78 is 9.43. The van der Waals surface area contributed by atoms with Crippen molar-refractivity contribution in [3.05, 3.63) is 89.0 Å². The first kappa shape index (κ1) is 30.0. The Morgan fingerprint density at radius 3 is 2.40 bits per heavy atom. The molecule has 2 heterocycles. The van der Waals surface area contributed by atoms with E-state index in [1.54, 1.807) is 12.1 Å². The number of carbonyl (C=O) groups is 1. The zero-order chi connectivity index (χ0) is 30.7. The molecule has 0 unspecified atom stereocenters. The van der Waals surface area contributed by atoms with Gasteiger partial charge in [-0.25, -0.2) is 14.8 Å². The normalized spacial score (nSPS) is 11.5. The van der Waals surface area contributed by atoms with Gasteiger partial charge in [-0.05, 0) is 67.5 Å². The number of benzene rings is 3. The van der Waals surface area contributed by atoms with Gasteiger partial charge in [-0.15, -0.1) is 0 Å². The van der Waals surface area contributed by atoms with Crippen molar-refractivity contribution >= 4 is 17.2 Å². The zero-order valence-corrected chi connectivity index (χ0v) is 25.6. The predicted octanol–water partition coefficient (Wildman–Crippen LogP) is 7.43. The number of carboxylic acid groups (broad SMARTS) is 1. The van der Waals surface area contributed by atoms with E-state index in [1.165, 1.54) is 0 Å². The molecule has 224 valence electrons. The zero-order valence-electron chi connectivity index (χ0n) is 25.6. The second-order valence-corrected chi connectivity index (χ2v) is 11.5. The van der Waals surface area contributed by atoms with E-state index in [1.807, 2.05) is 24.3 Å². The van der Waals surface area contributed by atoms with Crippen molar-refractivity contribution in [2.75, 3.05) is 6.61 Å². The monoisotopic (exact) mass is 580 g/mol. The van der Waals surface area contributed by atoms with Crippen molar-refractivity contribution in [3.63, 3.8) is 0 Å². The Balaban J connectivity index is 1.56. The van der Waals surface area contributed by atoms with Gasteiger partial charge in [0.1, 0.15) is 17.4 Å². The van der Waals surface area contributed by atoms with Gasteiger partial charge in [0.15, 0.2) is 0 Å². The van der Waals surface area contributed by atoms with Crippen LogP contribution in [0.5, 0.6) is 5.75 Å². The smallest absolute Gasteiger partial charge is 0.449 e. The number of aryl methyl sites for hydroxylation is 2. The minimum atomic E-state index is -1.33. The Morgan fingerprint density at radius 2 is 1.72 bits per heavy atom. The van der Waals surface area contributed by atoms with Crippen molar-refractivity contribution < 1.29 is 19.7 Å². The first-order valence-corrected chi connectivity index (χ1v) is 15.0. The minimum Gasteiger partial charge on any atom is -0.449 e. The topological polar surface area (TPSA) is 102 Å². The van der Waals surface area contributed by atoms with Crippen LogP contribution < -0.4 is 4.74 Å². The van der Waals surface area contributed by atoms with E-state index in [9.17, 15) is 9.90 Å². The fourth-order valence-electron chi connectivity index (χ4n) is 5.78. The van der Waals surface area contributed by atoms with E-state index in [0.29, 0.717) is 24.8 Å². The lowest BCUT2D eigenvalue weighted by Crippen LogP contribution is -2.07. The molecule has 0 amide bonds. The van der Waals surface area contributed by atoms with Gasteiger partial charge in [0.25, 0.3) is 0 Å². The van der Waals surface area contributed by atoms with Crippen LogP contribution in [0.4, 0.5) is 4.79 Å². The second kappa shape index (κ2) is 12.8. The van der Waals surface area contributed by atoms with Gasteiger partial charge in [-0.3, -0.25) is 0 Å². The van der Waals surface area contributed by atoms with Crippen LogP contribution in [0.15, 0.2) is 60.7 Å². The molecular formula is C35H40N4O4. The first-order valence-electron chi connectivity index (χ1n) is 15.0. The maximum absolute atomic E-state index is 11.2. The molecular weight excluding hydrogens is 540 g/mol. The third kappa shape index (κ3) is 6.34. The van der Waals surface area contributed by atoms with Crippen LogP contribution >= 0.6 is 0 Å². The lowest BCUT2D eigenvalue weighted by atomic mass is 10.0. The molecule has 8 nitrogen and oxygen atoms in total. The summed E-state index contributed by atoms with van der Waals surface area (Å²) in [6.45, 7) is 11.9. The van der Waals surface area contributed by atoms with Gasteiger partial charge in [0.05, 0.1) is 23.3 Å². The summed E-state index contributed by atoms with van der Waals surface area (Å²) >= 11 is 0. The van der Waals surface area contributed by atoms with E-state index >= 15 is 0 Å². The van der Waals surface area contributed by atoms with Crippen LogP contribution in [0, 0.1) is 19.8 Å². The van der Waals surface area contributed by atoms with E-state index < -0.39 is 6.16 Å². The number of ether oxygens (including phenoxy) is 1. The summed E-state index contributed by atoms with van der Waals surface area (Å²) in [4.78, 5) is 21.3. The molecule has 3 aromatic carbocycles. The molecule has 0 bridgehead atoms. The Morgan fingerprint density at radius 1 is 0.977 bits per heavy atom. The Bertz CT molecular complexity index is 1750. The minimum absolute atomic E-state index is 0.0496. The number of rotatable bonds is 11. The van der Waals surface area contributed by atoms with Crippen molar-refractivity contribution in [1.82, 2.24) is 19.1 Å². The Labute approximate surface area is 252 Å². The molecule has 2 N–H and O–H groups in total. The molecule has 0 aliphatic rings. The summed E-state index contributed by atoms with van der Waals surface area (Å²) in [6, 6.07) is 19.6. The predicted molar refractivity (Wildman–Crippen MR) is 170 cm³/mol. The summed E-state index contributed by atoms with van der Waals surface area (Å²) in [6.07, 6.45) is 1.39. The standard InChI is InChI=1S/C35H40N4O4/c1-6-9-32-37-33-23(4)19-27(34-36-29(18-22(2)3)24(5)38(34)16-17-40)20-30(33)39(32)21-25-12-14-26(15-13-25)28-10-7-8-11-31(28)43-35(41)42/h7-8,10-15,19-20,22,40H,6,9,16-18,21H2,1-5H3,(H,41,42). The molecule has 0 saturated carbocycles. The quantitative estimate of drug-likeness (QED) is 0.124. The number of hydrogen-bond donors (Lipinski definition) is 2. The molecule has 0 aliphatic heterocycles. The first-order chi connectivity index (χ1) is 20.7. The van der Waals surface area contributed by atoms with E-state index in [0.717, 1.165) is 81.1 Å². The highest BCUT2D eigenvalue weighted by atomic mass is 16.7. The highest BCUT2D eigenvalue weighted by Gasteiger charge is 2.20. The molecule has 2 aromatic heterocycles. The summed E-state index contributed by atoms with van der Waals surface area (Å²) in [5.74, 6) is 2.71. The van der Waals surface area contributed by atoms with Gasteiger partial charge < -0.3 is 24.1 Å². The van der Waals surface area contributed by atoms with Crippen molar-refractivity contribution in [1.29, 1.82) is 0 Å². The van der Waals surface area contributed by atoms with Crippen LogP contribution in [0.25, 0.3) is 33.5 Å². The highest BCUT2D eigenvalue weighted by Crippen LogP contribution is 2.32. The molecule has 0 radical (unpaired) electrons. The average molecular weight is 581 g/mol. The number of aliphatic hydroxyl groups is 1. The van der Waals surface area contributed by atoms with Gasteiger partial charge in [0.2, 0.25) is 0 Å². The number of aromatic nitrogens is 4. The summed E-state index contributed by atoms with van der Waals surface area (Å²) in [5.41, 5.74) is 9.05. The average Bonchev–Trinajstić information content (AvgIpc) is 3.46. The molecule has 43 heavy (non-hydrogen) atoms. The summed E-state index contributed by atoms with van der Waals surface area (Å²) in [7, 11) is 0. The number of aliphatic hydroxyl groups excluding tert-OH is 1. The van der Waals surface area contributed by atoms with Crippen LogP contribution in [0.1, 0.15) is 55.5 Å². The number of hydrogen-bond acceptors (Lipinski definition) is 5. The van der Waals surface area contributed by atoms with E-state index in [4.69, 9.17) is 19.8 Å². The Hall–Kier alpha value is -4.43. The number of imidazole rings is 2. The largest absolute Gasteiger partial charge is 0.511 e. The molecule has 8 heteroatoms. The number of fused-ring (bicyclic) bond motifs is 1. The molecule has 0 aliphatic carbocycles. The lowest BCUT2D eigenvalue weighted by molar-refractivity contribution is 0.144. The second-order valence-electron chi connectivity index (χ2n) is 11.5. The molecule has 0 saturated heterocycles. The van der Waals surface area contributed by atoms with Crippen LogP contribution in [0.2, 0.25) is 0 Å². The van der Waals surface area contributed by atoms with Crippen LogP contribution in [0.3, 0.4) is 0 Å². The molecule has 0 spiro atoms. The van der Waals surface area contributed by atoms with Gasteiger partial charge in [-0.1, -0.05) is 63.2 Å². The Kier molecular flexibility index (Phi) is 8.97. The third-order valence-corrected chi connectivity index (χ3v) is 7.79. The van der Waals surface area contributed by atoms with Gasteiger partial charge >= 0.3 is 6.16 Å². The molecule has 0 fully saturated rings. The van der Waals surface area contributed by atoms with E-state index in [2.05, 4.69) is 68.0 Å². The van der Waals surface area contributed by atoms with Gasteiger partial charge in [0, 0.05) is 36.3 Å². The van der Waals surface area contributed by atoms with Crippen molar-refractivity contribution in [2.45, 2.75) is 67.0 Å².